The van der Waals surface area contributed by atoms with Gasteiger partial charge in [0.2, 0.25) is 0 Å². The smallest absolute Gasteiger partial charge is 0.123 e. The summed E-state index contributed by atoms with van der Waals surface area (Å²) in [5.41, 5.74) is 1.95. The fourth-order valence-corrected chi connectivity index (χ4v) is 1.66. The number of benzene rings is 1. The topological polar surface area (TPSA) is 29.9 Å². The summed E-state index contributed by atoms with van der Waals surface area (Å²) in [4.78, 5) is 0. The first-order valence-electron chi connectivity index (χ1n) is 5.75. The van der Waals surface area contributed by atoms with Crippen LogP contribution in [0.25, 0.3) is 0 Å². The molecule has 0 radical (unpaired) electrons. The van der Waals surface area contributed by atoms with Crippen LogP contribution in [0, 0.1) is 5.82 Å². The Bertz CT molecular complexity index is 479. The fourth-order valence-electron chi connectivity index (χ4n) is 1.66. The predicted molar refractivity (Wildman–Crippen MR) is 64.8 cm³/mol. The lowest BCUT2D eigenvalue weighted by molar-refractivity contribution is 0.610. The number of rotatable bonds is 5. The van der Waals surface area contributed by atoms with Crippen molar-refractivity contribution >= 4 is 0 Å². The Hall–Kier alpha value is -1.68. The Morgan fingerprint density at radius 1 is 1.29 bits per heavy atom. The second kappa shape index (κ2) is 5.59. The van der Waals surface area contributed by atoms with Gasteiger partial charge in [-0.25, -0.2) is 4.39 Å². The van der Waals surface area contributed by atoms with Gasteiger partial charge in [-0.2, -0.15) is 5.10 Å². The van der Waals surface area contributed by atoms with Crippen molar-refractivity contribution in [3.8, 4) is 0 Å². The van der Waals surface area contributed by atoms with E-state index in [0.717, 1.165) is 17.8 Å². The number of hydrogen-bond donors (Lipinski definition) is 1. The minimum atomic E-state index is -0.195. The van der Waals surface area contributed by atoms with Crippen molar-refractivity contribution in [3.05, 3.63) is 53.6 Å². The van der Waals surface area contributed by atoms with Crippen LogP contribution in [-0.2, 0) is 19.6 Å². The Kier molecular flexibility index (Phi) is 3.88. The zero-order valence-electron chi connectivity index (χ0n) is 9.86. The van der Waals surface area contributed by atoms with E-state index in [4.69, 9.17) is 0 Å². The van der Waals surface area contributed by atoms with Gasteiger partial charge in [-0.05, 0) is 30.7 Å². The average molecular weight is 233 g/mol. The van der Waals surface area contributed by atoms with E-state index in [1.165, 1.54) is 12.1 Å². The van der Waals surface area contributed by atoms with Crippen molar-refractivity contribution < 1.29 is 4.39 Å². The lowest BCUT2D eigenvalue weighted by atomic mass is 10.2. The summed E-state index contributed by atoms with van der Waals surface area (Å²) in [7, 11) is 0. The molecule has 0 unspecified atom stereocenters. The highest BCUT2D eigenvalue weighted by molar-refractivity contribution is 5.16. The van der Waals surface area contributed by atoms with E-state index in [-0.39, 0.29) is 5.82 Å². The van der Waals surface area contributed by atoms with E-state index in [1.807, 2.05) is 23.0 Å². The molecule has 90 valence electrons. The Balaban J connectivity index is 1.83. The lowest BCUT2D eigenvalue weighted by Gasteiger charge is -2.03. The number of nitrogens with one attached hydrogen (secondary N) is 1. The van der Waals surface area contributed by atoms with Crippen LogP contribution in [0.5, 0.6) is 0 Å². The standard InChI is InChI=1S/C13H16FN3/c1-2-17-7-6-13(16-17)10-15-9-11-4-3-5-12(14)8-11/h3-8,15H,2,9-10H2,1H3. The maximum absolute atomic E-state index is 12.9. The lowest BCUT2D eigenvalue weighted by Crippen LogP contribution is -2.13. The van der Waals surface area contributed by atoms with E-state index in [1.54, 1.807) is 6.07 Å². The molecule has 1 heterocycles. The van der Waals surface area contributed by atoms with Crippen molar-refractivity contribution in [3.63, 3.8) is 0 Å². The van der Waals surface area contributed by atoms with E-state index in [2.05, 4.69) is 17.3 Å². The molecule has 4 heteroatoms. The van der Waals surface area contributed by atoms with Crippen LogP contribution in [0.2, 0.25) is 0 Å². The van der Waals surface area contributed by atoms with Gasteiger partial charge >= 0.3 is 0 Å². The van der Waals surface area contributed by atoms with Gasteiger partial charge in [0.1, 0.15) is 5.82 Å². The molecule has 2 aromatic rings. The first-order valence-corrected chi connectivity index (χ1v) is 5.75. The van der Waals surface area contributed by atoms with Crippen molar-refractivity contribution in [1.82, 2.24) is 15.1 Å². The molecular formula is C13H16FN3. The summed E-state index contributed by atoms with van der Waals surface area (Å²) < 4.78 is 14.8. The quantitative estimate of drug-likeness (QED) is 0.859. The first kappa shape index (κ1) is 11.8. The minimum absolute atomic E-state index is 0.195. The molecule has 0 fully saturated rings. The SMILES string of the molecule is CCn1ccc(CNCc2cccc(F)c2)n1. The summed E-state index contributed by atoms with van der Waals surface area (Å²) in [5.74, 6) is -0.195. The van der Waals surface area contributed by atoms with Crippen molar-refractivity contribution in [2.24, 2.45) is 0 Å². The van der Waals surface area contributed by atoms with Crippen LogP contribution in [0.1, 0.15) is 18.2 Å². The predicted octanol–water partition coefficient (Wildman–Crippen LogP) is 2.33. The van der Waals surface area contributed by atoms with Gasteiger partial charge in [0.25, 0.3) is 0 Å². The highest BCUT2D eigenvalue weighted by Crippen LogP contribution is 2.03. The van der Waals surface area contributed by atoms with Gasteiger partial charge < -0.3 is 5.32 Å². The van der Waals surface area contributed by atoms with E-state index < -0.39 is 0 Å². The van der Waals surface area contributed by atoms with Gasteiger partial charge in [-0.15, -0.1) is 0 Å². The molecule has 2 rings (SSSR count). The third kappa shape index (κ3) is 3.39. The second-order valence-corrected chi connectivity index (χ2v) is 3.90. The normalized spacial score (nSPS) is 10.7. The van der Waals surface area contributed by atoms with Gasteiger partial charge in [-0.1, -0.05) is 12.1 Å². The van der Waals surface area contributed by atoms with Gasteiger partial charge in [-0.3, -0.25) is 4.68 Å². The molecule has 0 bridgehead atoms. The largest absolute Gasteiger partial charge is 0.307 e. The molecule has 3 nitrogen and oxygen atoms in total. The molecule has 0 spiro atoms. The van der Waals surface area contributed by atoms with Gasteiger partial charge in [0, 0.05) is 25.8 Å². The molecule has 1 aromatic heterocycles. The van der Waals surface area contributed by atoms with Crippen LogP contribution >= 0.6 is 0 Å². The highest BCUT2D eigenvalue weighted by Gasteiger charge is 1.98. The zero-order chi connectivity index (χ0) is 12.1. The number of hydrogen-bond acceptors (Lipinski definition) is 2. The average Bonchev–Trinajstić information content (AvgIpc) is 2.77. The summed E-state index contributed by atoms with van der Waals surface area (Å²) in [5, 5.41) is 7.60. The van der Waals surface area contributed by atoms with Gasteiger partial charge in [0.15, 0.2) is 0 Å². The van der Waals surface area contributed by atoms with Crippen LogP contribution in [0.15, 0.2) is 36.5 Å². The third-order valence-electron chi connectivity index (χ3n) is 2.54. The monoisotopic (exact) mass is 233 g/mol. The zero-order valence-corrected chi connectivity index (χ0v) is 9.86. The molecule has 0 saturated carbocycles. The summed E-state index contributed by atoms with van der Waals surface area (Å²) in [6.07, 6.45) is 1.96. The molecule has 0 aliphatic carbocycles. The van der Waals surface area contributed by atoms with Crippen LogP contribution in [0.3, 0.4) is 0 Å². The van der Waals surface area contributed by atoms with Crippen LogP contribution in [0.4, 0.5) is 4.39 Å². The van der Waals surface area contributed by atoms with Crippen molar-refractivity contribution in [2.75, 3.05) is 0 Å². The molecule has 0 saturated heterocycles. The fraction of sp³-hybridized carbons (Fsp3) is 0.308. The molecule has 0 aliphatic heterocycles. The molecule has 1 N–H and O–H groups in total. The number of halogens is 1. The first-order chi connectivity index (χ1) is 8.28. The summed E-state index contributed by atoms with van der Waals surface area (Å²) in [6, 6.07) is 8.60. The minimum Gasteiger partial charge on any atom is -0.307 e. The molecular weight excluding hydrogens is 217 g/mol. The Morgan fingerprint density at radius 3 is 2.88 bits per heavy atom. The van der Waals surface area contributed by atoms with Crippen LogP contribution in [-0.4, -0.2) is 9.78 Å². The molecule has 0 amide bonds. The van der Waals surface area contributed by atoms with Gasteiger partial charge in [0.05, 0.1) is 5.69 Å². The molecule has 0 aliphatic rings. The van der Waals surface area contributed by atoms with E-state index in [0.29, 0.717) is 13.1 Å². The molecule has 0 atom stereocenters. The van der Waals surface area contributed by atoms with Crippen LogP contribution < -0.4 is 5.32 Å². The summed E-state index contributed by atoms with van der Waals surface area (Å²) in [6.45, 7) is 4.28. The Morgan fingerprint density at radius 2 is 2.18 bits per heavy atom. The van der Waals surface area contributed by atoms with E-state index >= 15 is 0 Å². The third-order valence-corrected chi connectivity index (χ3v) is 2.54. The van der Waals surface area contributed by atoms with E-state index in [9.17, 15) is 4.39 Å². The summed E-state index contributed by atoms with van der Waals surface area (Å²) >= 11 is 0. The molecule has 1 aromatic carbocycles. The maximum Gasteiger partial charge on any atom is 0.123 e. The number of aromatic nitrogens is 2. The highest BCUT2D eigenvalue weighted by atomic mass is 19.1. The van der Waals surface area contributed by atoms with Crippen molar-refractivity contribution in [2.45, 2.75) is 26.6 Å². The Labute approximate surface area is 100 Å². The molecule has 17 heavy (non-hydrogen) atoms. The number of nitrogens with zero attached hydrogens (tertiary/aromatic N) is 2. The number of aryl methyl sites for hydroxylation is 1. The maximum atomic E-state index is 12.9. The second-order valence-electron chi connectivity index (χ2n) is 3.90. The van der Waals surface area contributed by atoms with Crippen molar-refractivity contribution in [1.29, 1.82) is 0 Å².